The van der Waals surface area contributed by atoms with E-state index in [0.717, 1.165) is 38.1 Å². The van der Waals surface area contributed by atoms with E-state index in [4.69, 9.17) is 9.84 Å². The number of benzene rings is 2. The molecule has 1 heterocycles. The summed E-state index contributed by atoms with van der Waals surface area (Å²) in [4.78, 5) is 15.0. The molecule has 0 spiro atoms. The Morgan fingerprint density at radius 3 is 2.50 bits per heavy atom. The van der Waals surface area contributed by atoms with Crippen LogP contribution in [0.3, 0.4) is 0 Å². The zero-order valence-electron chi connectivity index (χ0n) is 16.7. The first-order valence-corrected chi connectivity index (χ1v) is 11.5. The number of nitrogens with one attached hydrogen (secondary N) is 3. The van der Waals surface area contributed by atoms with Crippen LogP contribution in [0.5, 0.6) is 5.75 Å². The molecule has 0 unspecified atom stereocenters. The molecule has 1 aliphatic rings. The van der Waals surface area contributed by atoms with Gasteiger partial charge >= 0.3 is 0 Å². The molecular weight excluding hydrogens is 408 g/mol. The third-order valence-corrected chi connectivity index (χ3v) is 5.10. The van der Waals surface area contributed by atoms with Crippen LogP contribution in [0.4, 0.5) is 17.1 Å². The monoisotopic (exact) mass is 434 g/mol. The Morgan fingerprint density at radius 1 is 1.17 bits per heavy atom. The number of rotatable bonds is 8. The fraction of sp³-hybridized carbons (Fsp3) is 0.350. The lowest BCUT2D eigenvalue weighted by Crippen LogP contribution is -2.43. The Kier molecular flexibility index (Phi) is 7.14. The number of nitrogens with zero attached hydrogens (tertiary/aromatic N) is 1. The summed E-state index contributed by atoms with van der Waals surface area (Å²) in [5, 5.41) is 15.1. The Hall–Kier alpha value is -2.82. The highest BCUT2D eigenvalue weighted by Gasteiger charge is 2.14. The predicted octanol–water partition coefficient (Wildman–Crippen LogP) is 1.09. The molecule has 10 heteroatoms. The maximum Gasteiger partial charge on any atom is 0.255 e. The van der Waals surface area contributed by atoms with Gasteiger partial charge < -0.3 is 25.4 Å². The van der Waals surface area contributed by atoms with Crippen LogP contribution in [0.1, 0.15) is 10.4 Å². The van der Waals surface area contributed by atoms with Crippen molar-refractivity contribution in [1.29, 1.82) is 0 Å². The van der Waals surface area contributed by atoms with Crippen LogP contribution < -0.4 is 25.0 Å². The van der Waals surface area contributed by atoms with Crippen molar-refractivity contribution in [2.24, 2.45) is 0 Å². The largest absolute Gasteiger partial charge is 0.489 e. The van der Waals surface area contributed by atoms with E-state index in [1.165, 1.54) is 18.2 Å². The number of hydrogen-bond donors (Lipinski definition) is 4. The summed E-state index contributed by atoms with van der Waals surface area (Å²) in [7, 11) is -3.47. The smallest absolute Gasteiger partial charge is 0.255 e. The van der Waals surface area contributed by atoms with E-state index in [0.29, 0.717) is 22.7 Å². The molecule has 30 heavy (non-hydrogen) atoms. The molecule has 1 aliphatic heterocycles. The van der Waals surface area contributed by atoms with E-state index in [9.17, 15) is 13.2 Å². The van der Waals surface area contributed by atoms with Crippen molar-refractivity contribution in [2.45, 2.75) is 0 Å². The second kappa shape index (κ2) is 9.79. The molecule has 2 aromatic carbocycles. The van der Waals surface area contributed by atoms with E-state index in [1.807, 2.05) is 12.1 Å². The van der Waals surface area contributed by atoms with Gasteiger partial charge in [0.1, 0.15) is 12.4 Å². The Bertz CT molecular complexity index is 973. The summed E-state index contributed by atoms with van der Waals surface area (Å²) in [5.74, 6) is -0.0268. The second-order valence-corrected chi connectivity index (χ2v) is 8.64. The molecule has 1 fully saturated rings. The number of carbonyl (C=O) groups is 1. The van der Waals surface area contributed by atoms with Gasteiger partial charge in [-0.2, -0.15) is 0 Å². The molecule has 0 bridgehead atoms. The van der Waals surface area contributed by atoms with Crippen molar-refractivity contribution in [3.8, 4) is 5.75 Å². The van der Waals surface area contributed by atoms with Crippen molar-refractivity contribution < 1.29 is 23.1 Å². The van der Waals surface area contributed by atoms with Gasteiger partial charge in [0.2, 0.25) is 10.0 Å². The number of ether oxygens (including phenoxy) is 1. The predicted molar refractivity (Wildman–Crippen MR) is 117 cm³/mol. The van der Waals surface area contributed by atoms with Crippen LogP contribution in [-0.2, 0) is 10.0 Å². The van der Waals surface area contributed by atoms with Crippen molar-refractivity contribution >= 4 is 33.0 Å². The minimum absolute atomic E-state index is 0.0428. The van der Waals surface area contributed by atoms with Gasteiger partial charge in [-0.05, 0) is 42.5 Å². The first-order valence-electron chi connectivity index (χ1n) is 9.58. The van der Waals surface area contributed by atoms with Gasteiger partial charge in [0.25, 0.3) is 5.91 Å². The number of carbonyl (C=O) groups excluding carboxylic acids is 1. The number of sulfonamides is 1. The van der Waals surface area contributed by atoms with Gasteiger partial charge in [0.05, 0.1) is 24.2 Å². The number of anilines is 3. The Morgan fingerprint density at radius 2 is 1.87 bits per heavy atom. The molecule has 0 saturated carbocycles. The highest BCUT2D eigenvalue weighted by atomic mass is 32.2. The van der Waals surface area contributed by atoms with Crippen molar-refractivity contribution in [1.82, 2.24) is 5.32 Å². The zero-order valence-corrected chi connectivity index (χ0v) is 17.5. The SMILES string of the molecule is CS(=O)(=O)Nc1ccc(OCCO)c(NC(=O)c2ccc(N3CCNCC3)cc2)c1. The maximum absolute atomic E-state index is 12.7. The van der Waals surface area contributed by atoms with Crippen LogP contribution in [0, 0.1) is 0 Å². The standard InChI is InChI=1S/C20H26N4O5S/c1-30(27,28)23-16-4-7-19(29-13-12-25)18(14-16)22-20(26)15-2-5-17(6-3-15)24-10-8-21-9-11-24/h2-7,14,21,23,25H,8-13H2,1H3,(H,22,26). The summed E-state index contributed by atoms with van der Waals surface area (Å²) in [5.41, 5.74) is 2.11. The van der Waals surface area contributed by atoms with Gasteiger partial charge in [-0.15, -0.1) is 0 Å². The first kappa shape index (κ1) is 21.9. The number of piperazine rings is 1. The van der Waals surface area contributed by atoms with Crippen molar-refractivity contribution in [3.05, 3.63) is 48.0 Å². The third-order valence-electron chi connectivity index (χ3n) is 4.49. The van der Waals surface area contributed by atoms with Crippen molar-refractivity contribution in [3.63, 3.8) is 0 Å². The van der Waals surface area contributed by atoms with Gasteiger partial charge in [-0.3, -0.25) is 9.52 Å². The summed E-state index contributed by atoms with van der Waals surface area (Å²) in [6.45, 7) is 3.53. The minimum Gasteiger partial charge on any atom is -0.489 e. The normalized spacial score (nSPS) is 14.3. The zero-order chi connectivity index (χ0) is 21.6. The third kappa shape index (κ3) is 6.09. The van der Waals surface area contributed by atoms with Crippen LogP contribution in [0.15, 0.2) is 42.5 Å². The molecule has 1 amide bonds. The summed E-state index contributed by atoms with van der Waals surface area (Å²) in [6, 6.07) is 11.8. The molecule has 0 radical (unpaired) electrons. The van der Waals surface area contributed by atoms with Gasteiger partial charge in [-0.25, -0.2) is 8.42 Å². The van der Waals surface area contributed by atoms with Gasteiger partial charge in [-0.1, -0.05) is 0 Å². The lowest BCUT2D eigenvalue weighted by Gasteiger charge is -2.29. The summed E-state index contributed by atoms with van der Waals surface area (Å²) >= 11 is 0. The number of aliphatic hydroxyl groups is 1. The lowest BCUT2D eigenvalue weighted by molar-refractivity contribution is 0.102. The summed E-state index contributed by atoms with van der Waals surface area (Å²) in [6.07, 6.45) is 1.04. The lowest BCUT2D eigenvalue weighted by atomic mass is 10.1. The fourth-order valence-corrected chi connectivity index (χ4v) is 3.68. The average molecular weight is 435 g/mol. The Balaban J connectivity index is 1.77. The van der Waals surface area contributed by atoms with E-state index in [1.54, 1.807) is 12.1 Å². The quantitative estimate of drug-likeness (QED) is 0.491. The molecule has 2 aromatic rings. The fourth-order valence-electron chi connectivity index (χ4n) is 3.13. The molecule has 0 aromatic heterocycles. The number of amides is 1. The van der Waals surface area contributed by atoms with E-state index in [2.05, 4.69) is 20.3 Å². The molecule has 3 rings (SSSR count). The highest BCUT2D eigenvalue weighted by molar-refractivity contribution is 7.92. The minimum atomic E-state index is -3.47. The van der Waals surface area contributed by atoms with Gasteiger partial charge in [0.15, 0.2) is 0 Å². The Labute approximate surface area is 176 Å². The molecular formula is C20H26N4O5S. The summed E-state index contributed by atoms with van der Waals surface area (Å²) < 4.78 is 30.8. The van der Waals surface area contributed by atoms with E-state index >= 15 is 0 Å². The van der Waals surface area contributed by atoms with Crippen LogP contribution in [0.25, 0.3) is 0 Å². The van der Waals surface area contributed by atoms with Gasteiger partial charge in [0, 0.05) is 37.4 Å². The number of hydrogen-bond acceptors (Lipinski definition) is 7. The van der Waals surface area contributed by atoms with E-state index in [-0.39, 0.29) is 19.1 Å². The molecule has 9 nitrogen and oxygen atoms in total. The van der Waals surface area contributed by atoms with Crippen LogP contribution in [-0.4, -0.2) is 65.1 Å². The maximum atomic E-state index is 12.7. The molecule has 4 N–H and O–H groups in total. The first-order chi connectivity index (χ1) is 14.4. The van der Waals surface area contributed by atoms with Crippen LogP contribution in [0.2, 0.25) is 0 Å². The molecule has 0 aliphatic carbocycles. The second-order valence-electron chi connectivity index (χ2n) is 6.90. The van der Waals surface area contributed by atoms with E-state index < -0.39 is 10.0 Å². The molecule has 162 valence electrons. The van der Waals surface area contributed by atoms with Crippen LogP contribution >= 0.6 is 0 Å². The molecule has 1 saturated heterocycles. The van der Waals surface area contributed by atoms with Crippen molar-refractivity contribution in [2.75, 3.05) is 60.6 Å². The topological polar surface area (TPSA) is 120 Å². The number of aliphatic hydroxyl groups excluding tert-OH is 1. The average Bonchev–Trinajstić information content (AvgIpc) is 2.73. The molecule has 0 atom stereocenters. The highest BCUT2D eigenvalue weighted by Crippen LogP contribution is 2.29.